The largest absolute Gasteiger partial charge is 0.392 e. The van der Waals surface area contributed by atoms with Crippen molar-refractivity contribution < 1.29 is 9.90 Å². The van der Waals surface area contributed by atoms with Gasteiger partial charge in [0, 0.05) is 19.6 Å². The van der Waals surface area contributed by atoms with E-state index in [2.05, 4.69) is 18.3 Å². The van der Waals surface area contributed by atoms with Crippen LogP contribution in [0, 0.1) is 0 Å². The molecule has 2 N–H and O–H groups in total. The van der Waals surface area contributed by atoms with E-state index in [9.17, 15) is 9.90 Å². The molecule has 1 fully saturated rings. The topological polar surface area (TPSA) is 52.6 Å². The molecule has 0 saturated carbocycles. The first-order chi connectivity index (χ1) is 8.76. The number of hydrogen-bond donors (Lipinski definition) is 2. The lowest BCUT2D eigenvalue weighted by Gasteiger charge is -2.30. The Morgan fingerprint density at radius 3 is 3.06 bits per heavy atom. The number of fused-ring (bicyclic) bond motifs is 3. The molecule has 2 aliphatic heterocycles. The minimum Gasteiger partial charge on any atom is -0.392 e. The molecular weight excluding hydrogens is 228 g/mol. The molecule has 4 heteroatoms. The van der Waals surface area contributed by atoms with Crippen molar-refractivity contribution in [3.05, 3.63) is 34.4 Å². The number of nitrogens with one attached hydrogen (secondary N) is 1. The van der Waals surface area contributed by atoms with E-state index in [0.29, 0.717) is 0 Å². The summed E-state index contributed by atoms with van der Waals surface area (Å²) >= 11 is 0. The molecule has 1 atom stereocenters. The van der Waals surface area contributed by atoms with E-state index in [1.807, 2.05) is 11.0 Å². The average molecular weight is 246 g/mol. The van der Waals surface area contributed by atoms with Crippen LogP contribution in [0.1, 0.15) is 40.0 Å². The number of piperazine rings is 1. The fourth-order valence-corrected chi connectivity index (χ4v) is 3.02. The van der Waals surface area contributed by atoms with E-state index < -0.39 is 0 Å². The molecule has 1 aromatic rings. The van der Waals surface area contributed by atoms with E-state index >= 15 is 0 Å². The number of hydrogen-bond acceptors (Lipinski definition) is 3. The van der Waals surface area contributed by atoms with Crippen LogP contribution in [0.5, 0.6) is 0 Å². The van der Waals surface area contributed by atoms with Crippen molar-refractivity contribution >= 4 is 5.91 Å². The maximum absolute atomic E-state index is 12.4. The van der Waals surface area contributed by atoms with Crippen LogP contribution in [0.2, 0.25) is 0 Å². The summed E-state index contributed by atoms with van der Waals surface area (Å²) in [6.07, 6.45) is 0.925. The van der Waals surface area contributed by atoms with Gasteiger partial charge in [-0.2, -0.15) is 0 Å². The summed E-state index contributed by atoms with van der Waals surface area (Å²) in [7, 11) is 0. The molecule has 1 saturated heterocycles. The minimum absolute atomic E-state index is 0.0596. The highest BCUT2D eigenvalue weighted by Crippen LogP contribution is 2.37. The quantitative estimate of drug-likeness (QED) is 0.813. The first-order valence-corrected chi connectivity index (χ1v) is 6.54. The van der Waals surface area contributed by atoms with Crippen LogP contribution in [0.4, 0.5) is 0 Å². The van der Waals surface area contributed by atoms with Crippen LogP contribution in [0.25, 0.3) is 0 Å². The predicted octanol–water partition coefficient (Wildman–Crippen LogP) is 0.841. The van der Waals surface area contributed by atoms with Gasteiger partial charge in [0.15, 0.2) is 0 Å². The maximum atomic E-state index is 12.4. The lowest BCUT2D eigenvalue weighted by Crippen LogP contribution is -2.44. The third-order valence-electron chi connectivity index (χ3n) is 3.97. The van der Waals surface area contributed by atoms with Crippen molar-refractivity contribution in [2.75, 3.05) is 19.6 Å². The number of aliphatic hydroxyl groups is 1. The Labute approximate surface area is 107 Å². The number of benzene rings is 1. The summed E-state index contributed by atoms with van der Waals surface area (Å²) in [6, 6.07) is 4.24. The monoisotopic (exact) mass is 246 g/mol. The molecule has 2 aliphatic rings. The Morgan fingerprint density at radius 2 is 2.33 bits per heavy atom. The fourth-order valence-electron chi connectivity index (χ4n) is 3.02. The molecule has 0 aromatic heterocycles. The van der Waals surface area contributed by atoms with Gasteiger partial charge in [0.1, 0.15) is 0 Å². The predicted molar refractivity (Wildman–Crippen MR) is 68.4 cm³/mol. The molecule has 96 valence electrons. The van der Waals surface area contributed by atoms with Gasteiger partial charge in [-0.3, -0.25) is 4.79 Å². The molecule has 0 radical (unpaired) electrons. The lowest BCUT2D eigenvalue weighted by atomic mass is 9.95. The second-order valence-corrected chi connectivity index (χ2v) is 4.95. The first-order valence-electron chi connectivity index (χ1n) is 6.54. The summed E-state index contributed by atoms with van der Waals surface area (Å²) in [6.45, 7) is 4.46. The Morgan fingerprint density at radius 1 is 1.50 bits per heavy atom. The number of aryl methyl sites for hydroxylation is 1. The average Bonchev–Trinajstić information content (AvgIpc) is 2.72. The zero-order chi connectivity index (χ0) is 12.7. The highest BCUT2D eigenvalue weighted by atomic mass is 16.3. The first kappa shape index (κ1) is 11.7. The maximum Gasteiger partial charge on any atom is 0.255 e. The molecule has 3 rings (SSSR count). The third kappa shape index (κ3) is 1.56. The van der Waals surface area contributed by atoms with Crippen LogP contribution >= 0.6 is 0 Å². The molecular formula is C14H18N2O2. The highest BCUT2D eigenvalue weighted by molar-refractivity contribution is 6.00. The van der Waals surface area contributed by atoms with E-state index in [-0.39, 0.29) is 18.6 Å². The van der Waals surface area contributed by atoms with Crippen LogP contribution in [0.15, 0.2) is 12.1 Å². The summed E-state index contributed by atoms with van der Waals surface area (Å²) in [5, 5.41) is 12.8. The smallest absolute Gasteiger partial charge is 0.255 e. The van der Waals surface area contributed by atoms with Gasteiger partial charge in [0.25, 0.3) is 5.91 Å². The molecule has 0 unspecified atom stereocenters. The van der Waals surface area contributed by atoms with E-state index in [0.717, 1.165) is 42.7 Å². The Hall–Kier alpha value is -1.39. The van der Waals surface area contributed by atoms with Crippen LogP contribution in [0.3, 0.4) is 0 Å². The number of nitrogens with zero attached hydrogens (tertiary/aromatic N) is 1. The number of aliphatic hydroxyl groups excluding tert-OH is 1. The second-order valence-electron chi connectivity index (χ2n) is 4.95. The van der Waals surface area contributed by atoms with E-state index in [1.54, 1.807) is 0 Å². The van der Waals surface area contributed by atoms with Gasteiger partial charge in [-0.05, 0) is 23.1 Å². The highest BCUT2D eigenvalue weighted by Gasteiger charge is 2.39. The zero-order valence-electron chi connectivity index (χ0n) is 10.6. The zero-order valence-corrected chi connectivity index (χ0v) is 10.6. The summed E-state index contributed by atoms with van der Waals surface area (Å²) in [5.41, 5.74) is 3.81. The second kappa shape index (κ2) is 4.37. The van der Waals surface area contributed by atoms with Crippen LogP contribution in [-0.4, -0.2) is 35.5 Å². The number of amides is 1. The van der Waals surface area contributed by atoms with Crippen molar-refractivity contribution in [2.45, 2.75) is 26.0 Å². The third-order valence-corrected chi connectivity index (χ3v) is 3.97. The van der Waals surface area contributed by atoms with Crippen LogP contribution < -0.4 is 5.32 Å². The summed E-state index contributed by atoms with van der Waals surface area (Å²) in [4.78, 5) is 14.3. The molecule has 0 aliphatic carbocycles. The Balaban J connectivity index is 2.15. The molecule has 2 heterocycles. The van der Waals surface area contributed by atoms with Crippen molar-refractivity contribution in [2.24, 2.45) is 0 Å². The van der Waals surface area contributed by atoms with Gasteiger partial charge in [0.2, 0.25) is 0 Å². The van der Waals surface area contributed by atoms with Crippen molar-refractivity contribution in [1.82, 2.24) is 10.2 Å². The number of carbonyl (C=O) groups is 1. The summed E-state index contributed by atoms with van der Waals surface area (Å²) < 4.78 is 0. The molecule has 1 aromatic carbocycles. The van der Waals surface area contributed by atoms with Crippen LogP contribution in [-0.2, 0) is 13.0 Å². The Bertz CT molecular complexity index is 499. The number of rotatable bonds is 2. The molecule has 0 bridgehead atoms. The molecule has 1 amide bonds. The molecule has 18 heavy (non-hydrogen) atoms. The van der Waals surface area contributed by atoms with Crippen molar-refractivity contribution in [3.8, 4) is 0 Å². The Kier molecular flexibility index (Phi) is 2.84. The number of carbonyl (C=O) groups excluding carboxylic acids is 1. The van der Waals surface area contributed by atoms with Gasteiger partial charge >= 0.3 is 0 Å². The minimum atomic E-state index is -0.0596. The van der Waals surface area contributed by atoms with Gasteiger partial charge < -0.3 is 15.3 Å². The van der Waals surface area contributed by atoms with Crippen molar-refractivity contribution in [3.63, 3.8) is 0 Å². The normalized spacial score (nSPS) is 22.0. The van der Waals surface area contributed by atoms with Gasteiger partial charge in [0.05, 0.1) is 18.2 Å². The van der Waals surface area contributed by atoms with E-state index in [1.165, 1.54) is 5.56 Å². The van der Waals surface area contributed by atoms with Gasteiger partial charge in [-0.25, -0.2) is 0 Å². The SMILES string of the molecule is CCc1cc(CO)c2c(c1)[C@@H]1CNCCN1C2=O. The molecule has 4 nitrogen and oxygen atoms in total. The van der Waals surface area contributed by atoms with E-state index in [4.69, 9.17) is 0 Å². The standard InChI is InChI=1S/C14H18N2O2/c1-2-9-5-10(8-17)13-11(6-9)12-7-15-3-4-16(12)14(13)18/h5-6,12,15,17H,2-4,7-8H2,1H3/t12-/m0/s1. The fraction of sp³-hybridized carbons (Fsp3) is 0.500. The van der Waals surface area contributed by atoms with Gasteiger partial charge in [-0.1, -0.05) is 19.1 Å². The van der Waals surface area contributed by atoms with Crippen molar-refractivity contribution in [1.29, 1.82) is 0 Å². The lowest BCUT2D eigenvalue weighted by molar-refractivity contribution is 0.0689. The summed E-state index contributed by atoms with van der Waals surface area (Å²) in [5.74, 6) is 0.0863. The molecule has 0 spiro atoms. The van der Waals surface area contributed by atoms with Gasteiger partial charge in [-0.15, -0.1) is 0 Å².